The van der Waals surface area contributed by atoms with Gasteiger partial charge in [0, 0.05) is 64.5 Å². The minimum atomic E-state index is -4.29. The molecule has 0 atom stereocenters. The van der Waals surface area contributed by atoms with Gasteiger partial charge in [0.1, 0.15) is 9.79 Å². The van der Waals surface area contributed by atoms with E-state index >= 15 is 0 Å². The Hall–Kier alpha value is 0.520. The molecule has 2 radical (unpaired) electrons. The summed E-state index contributed by atoms with van der Waals surface area (Å²) in [7, 11) is -8.55. The third-order valence-corrected chi connectivity index (χ3v) is 6.32. The zero-order chi connectivity index (χ0) is 19.5. The molecule has 0 N–H and O–H groups in total. The minimum Gasteiger partial charge on any atom is -0.266 e. The summed E-state index contributed by atoms with van der Waals surface area (Å²) >= 11 is 0. The van der Waals surface area contributed by atoms with Gasteiger partial charge >= 0.3 is 0 Å². The van der Waals surface area contributed by atoms with Crippen LogP contribution in [0.25, 0.3) is 10.8 Å². The van der Waals surface area contributed by atoms with Gasteiger partial charge in [-0.25, -0.2) is 0 Å². The molecule has 2 rings (SSSR count). The third kappa shape index (κ3) is 7.34. The van der Waals surface area contributed by atoms with Crippen LogP contribution in [-0.4, -0.2) is 89.2 Å². The van der Waals surface area contributed by atoms with Gasteiger partial charge in [-0.1, -0.05) is 58.0 Å². The summed E-state index contributed by atoms with van der Waals surface area (Å²) in [5, 5.41) is 0.882. The topological polar surface area (TPSA) is 86.7 Å². The second kappa shape index (κ2) is 11.8. The summed E-state index contributed by atoms with van der Waals surface area (Å²) in [6.07, 6.45) is 0. The molecule has 0 spiro atoms. The Morgan fingerprint density at radius 3 is 1.79 bits per heavy atom. The smallest absolute Gasteiger partial charge is 0.266 e. The Balaban J connectivity index is 0.00000364. The van der Waals surface area contributed by atoms with Crippen LogP contribution in [0, 0.1) is 11.8 Å². The molecule has 0 amide bonds. The molecule has 0 bridgehead atoms. The van der Waals surface area contributed by atoms with E-state index in [0.717, 1.165) is 0 Å². The molecule has 28 heavy (non-hydrogen) atoms. The van der Waals surface area contributed by atoms with Gasteiger partial charge in [-0.05, 0) is 23.3 Å². The molecule has 0 unspecified atom stereocenters. The van der Waals surface area contributed by atoms with Crippen molar-refractivity contribution in [3.05, 3.63) is 36.4 Å². The first-order valence-electron chi connectivity index (χ1n) is 8.35. The van der Waals surface area contributed by atoms with Crippen molar-refractivity contribution < 1.29 is 25.2 Å². The minimum absolute atomic E-state index is 0. The molecule has 0 fully saturated rings. The molecule has 0 aromatic heterocycles. The van der Waals surface area contributed by atoms with Gasteiger partial charge < -0.3 is 0 Å². The van der Waals surface area contributed by atoms with Crippen LogP contribution in [0.5, 0.6) is 0 Å². The van der Waals surface area contributed by atoms with Gasteiger partial charge in [0.05, 0.1) is 13.2 Å². The maximum Gasteiger partial charge on any atom is 0.299 e. The first kappa shape index (κ1) is 28.5. The zero-order valence-corrected chi connectivity index (χ0v) is 22.9. The molecule has 0 saturated carbocycles. The van der Waals surface area contributed by atoms with Crippen LogP contribution in [0.4, 0.5) is 0 Å². The van der Waals surface area contributed by atoms with E-state index in [1.165, 1.54) is 6.07 Å². The van der Waals surface area contributed by atoms with Gasteiger partial charge in [0.2, 0.25) is 0 Å². The van der Waals surface area contributed by atoms with Crippen molar-refractivity contribution >= 4 is 90.1 Å². The second-order valence-electron chi connectivity index (χ2n) is 6.88. The van der Waals surface area contributed by atoms with Crippen LogP contribution in [0.1, 0.15) is 27.7 Å². The number of fused-ring (bicyclic) bond motifs is 1. The van der Waals surface area contributed by atoms with Crippen LogP contribution in [0.15, 0.2) is 46.2 Å². The fourth-order valence-corrected chi connectivity index (χ4v) is 5.35. The molecule has 0 aliphatic rings. The van der Waals surface area contributed by atoms with E-state index < -0.39 is 25.1 Å². The van der Waals surface area contributed by atoms with Crippen molar-refractivity contribution in [1.29, 1.82) is 0 Å². The molecule has 0 aliphatic carbocycles. The van der Waals surface area contributed by atoms with Crippen LogP contribution >= 0.6 is 0 Å². The van der Waals surface area contributed by atoms with E-state index in [1.807, 2.05) is 13.8 Å². The number of hydrogen-bond donors (Lipinski definition) is 0. The molecule has 0 saturated heterocycles. The zero-order valence-electron chi connectivity index (χ0n) is 17.3. The fourth-order valence-electron chi connectivity index (χ4n) is 2.25. The number of hydrogen-bond acceptors (Lipinski definition) is 6. The molecular formula is C18H24Na2O6S2. The molecule has 2 aromatic carbocycles. The van der Waals surface area contributed by atoms with E-state index in [4.69, 9.17) is 8.37 Å². The van der Waals surface area contributed by atoms with Gasteiger partial charge in [0.15, 0.2) is 0 Å². The molecule has 10 heteroatoms. The normalized spacial score (nSPS) is 12.1. The predicted molar refractivity (Wildman–Crippen MR) is 111 cm³/mol. The molecular weight excluding hydrogens is 422 g/mol. The van der Waals surface area contributed by atoms with Crippen molar-refractivity contribution in [1.82, 2.24) is 0 Å². The van der Waals surface area contributed by atoms with Gasteiger partial charge in [0.25, 0.3) is 20.2 Å². The van der Waals surface area contributed by atoms with E-state index in [1.54, 1.807) is 44.2 Å². The van der Waals surface area contributed by atoms with E-state index in [-0.39, 0.29) is 94.4 Å². The molecule has 0 aliphatic heterocycles. The van der Waals surface area contributed by atoms with E-state index in [9.17, 15) is 16.8 Å². The number of rotatable bonds is 8. The summed E-state index contributed by atoms with van der Waals surface area (Å²) in [5.74, 6) is -0.0560. The van der Waals surface area contributed by atoms with Gasteiger partial charge in [-0.3, -0.25) is 8.37 Å². The van der Waals surface area contributed by atoms with Crippen LogP contribution < -0.4 is 0 Å². The first-order chi connectivity index (χ1) is 12.0. The van der Waals surface area contributed by atoms with Crippen molar-refractivity contribution in [3.63, 3.8) is 0 Å². The Morgan fingerprint density at radius 2 is 1.25 bits per heavy atom. The van der Waals surface area contributed by atoms with Crippen LogP contribution in [0.3, 0.4) is 0 Å². The monoisotopic (exact) mass is 446 g/mol. The standard InChI is InChI=1S/C18H24O6S2.2Na/c1-13(2)11-23-25(19,20)17-10-9-15-7-5-6-8-16(15)18(17)26(21,22)24-12-14(3)4;;/h5-10,13-14H,11-12H2,1-4H3;;. The maximum absolute atomic E-state index is 12.8. The van der Waals surface area contributed by atoms with Gasteiger partial charge in [-0.15, -0.1) is 0 Å². The summed E-state index contributed by atoms with van der Waals surface area (Å²) in [6, 6.07) is 9.48. The van der Waals surface area contributed by atoms with Crippen molar-refractivity contribution in [3.8, 4) is 0 Å². The fraction of sp³-hybridized carbons (Fsp3) is 0.444. The van der Waals surface area contributed by atoms with E-state index in [0.29, 0.717) is 5.39 Å². The van der Waals surface area contributed by atoms with Crippen LogP contribution in [-0.2, 0) is 28.6 Å². The average Bonchev–Trinajstić information content (AvgIpc) is 2.57. The summed E-state index contributed by atoms with van der Waals surface area (Å²) in [4.78, 5) is -0.777. The van der Waals surface area contributed by atoms with E-state index in [2.05, 4.69) is 0 Å². The first-order valence-corrected chi connectivity index (χ1v) is 11.2. The van der Waals surface area contributed by atoms with Crippen LogP contribution in [0.2, 0.25) is 0 Å². The SMILES string of the molecule is CC(C)COS(=O)(=O)c1ccc2ccccc2c1S(=O)(=O)OCC(C)C.[Na].[Na]. The summed E-state index contributed by atoms with van der Waals surface area (Å²) < 4.78 is 61.1. The van der Waals surface area contributed by atoms with Gasteiger partial charge in [-0.2, -0.15) is 16.8 Å². The summed E-state index contributed by atoms with van der Waals surface area (Å²) in [5.41, 5.74) is 0. The largest absolute Gasteiger partial charge is 0.299 e. The quantitative estimate of drug-likeness (QED) is 0.458. The molecule has 6 nitrogen and oxygen atoms in total. The third-order valence-electron chi connectivity index (χ3n) is 3.48. The molecule has 146 valence electrons. The van der Waals surface area contributed by atoms with Crippen molar-refractivity contribution in [2.24, 2.45) is 11.8 Å². The Kier molecular flexibility index (Phi) is 12.0. The second-order valence-corrected chi connectivity index (χ2v) is 10.0. The molecule has 2 aromatic rings. The Morgan fingerprint density at radius 1 is 0.750 bits per heavy atom. The van der Waals surface area contributed by atoms with Crippen molar-refractivity contribution in [2.45, 2.75) is 37.5 Å². The Labute approximate surface area is 212 Å². The number of benzene rings is 2. The Bertz CT molecular complexity index is 986. The molecule has 0 heterocycles. The predicted octanol–water partition coefficient (Wildman–Crippen LogP) is 2.80. The average molecular weight is 446 g/mol. The van der Waals surface area contributed by atoms with Crippen molar-refractivity contribution in [2.75, 3.05) is 13.2 Å². The maximum atomic E-state index is 12.8. The summed E-state index contributed by atoms with van der Waals surface area (Å²) in [6.45, 7) is 7.14.